The van der Waals surface area contributed by atoms with Crippen molar-refractivity contribution in [3.05, 3.63) is 34.9 Å². The molecule has 0 saturated heterocycles. The number of hydrogen-bond acceptors (Lipinski definition) is 1. The lowest BCUT2D eigenvalue weighted by Gasteiger charge is -2.02. The lowest BCUT2D eigenvalue weighted by atomic mass is 10.1. The number of benzene rings is 1. The Hall–Kier alpha value is -0.600. The summed E-state index contributed by atoms with van der Waals surface area (Å²) in [7, 11) is 0. The molecule has 0 aliphatic rings. The van der Waals surface area contributed by atoms with Crippen LogP contribution in [0, 0.1) is 0 Å². The highest BCUT2D eigenvalue weighted by molar-refractivity contribution is 6.64. The van der Waals surface area contributed by atoms with Crippen molar-refractivity contribution in [2.45, 2.75) is 12.6 Å². The average molecular weight is 221 g/mol. The van der Waals surface area contributed by atoms with E-state index >= 15 is 0 Å². The maximum absolute atomic E-state index is 12.8. The van der Waals surface area contributed by atoms with Gasteiger partial charge in [0.15, 0.2) is 6.17 Å². The van der Waals surface area contributed by atoms with Gasteiger partial charge in [-0.1, -0.05) is 23.7 Å². The van der Waals surface area contributed by atoms with E-state index in [-0.39, 0.29) is 6.42 Å². The fourth-order valence-corrected chi connectivity index (χ4v) is 1.11. The monoisotopic (exact) mass is 220 g/mol. The first kappa shape index (κ1) is 10.5. The Morgan fingerprint density at radius 1 is 1.38 bits per heavy atom. The van der Waals surface area contributed by atoms with Crippen molar-refractivity contribution in [1.82, 2.24) is 0 Å². The molecule has 70 valence electrons. The largest absolute Gasteiger partial charge is 0.278 e. The second-order valence-electron chi connectivity index (χ2n) is 2.60. The summed E-state index contributed by atoms with van der Waals surface area (Å²) in [6, 6.07) is 6.61. The quantitative estimate of drug-likeness (QED) is 0.717. The van der Waals surface area contributed by atoms with Gasteiger partial charge >= 0.3 is 0 Å². The van der Waals surface area contributed by atoms with Crippen molar-refractivity contribution in [3.8, 4) is 0 Å². The van der Waals surface area contributed by atoms with E-state index in [4.69, 9.17) is 23.2 Å². The van der Waals surface area contributed by atoms with Crippen LogP contribution >= 0.6 is 23.2 Å². The van der Waals surface area contributed by atoms with Crippen molar-refractivity contribution in [1.29, 1.82) is 0 Å². The molecule has 0 spiro atoms. The van der Waals surface area contributed by atoms with E-state index in [0.717, 1.165) is 0 Å². The van der Waals surface area contributed by atoms with Gasteiger partial charge in [0.05, 0.1) is 0 Å². The summed E-state index contributed by atoms with van der Waals surface area (Å²) in [6.45, 7) is 0. The first-order chi connectivity index (χ1) is 6.09. The van der Waals surface area contributed by atoms with Gasteiger partial charge in [0.25, 0.3) is 5.24 Å². The van der Waals surface area contributed by atoms with E-state index in [1.807, 2.05) is 0 Å². The number of alkyl halides is 1. The molecule has 0 aliphatic carbocycles. The third-order valence-corrected chi connectivity index (χ3v) is 2.06. The van der Waals surface area contributed by atoms with Crippen LogP contribution in [0.4, 0.5) is 4.39 Å². The molecule has 0 fully saturated rings. The SMILES string of the molecule is O=C(Cl)C(F)Cc1ccc(Cl)cc1. The van der Waals surface area contributed by atoms with E-state index in [9.17, 15) is 9.18 Å². The molecule has 0 saturated carbocycles. The first-order valence-electron chi connectivity index (χ1n) is 3.67. The summed E-state index contributed by atoms with van der Waals surface area (Å²) in [5, 5.41) is -0.383. The van der Waals surface area contributed by atoms with Gasteiger partial charge in [-0.3, -0.25) is 4.79 Å². The number of hydrogen-bond donors (Lipinski definition) is 0. The van der Waals surface area contributed by atoms with Gasteiger partial charge in [-0.15, -0.1) is 0 Å². The minimum atomic E-state index is -1.64. The van der Waals surface area contributed by atoms with E-state index in [0.29, 0.717) is 10.6 Å². The summed E-state index contributed by atoms with van der Waals surface area (Å²) in [5.74, 6) is 0. The van der Waals surface area contributed by atoms with Gasteiger partial charge in [-0.05, 0) is 29.3 Å². The van der Waals surface area contributed by atoms with Gasteiger partial charge in [0.1, 0.15) is 0 Å². The Kier molecular flexibility index (Phi) is 3.70. The second kappa shape index (κ2) is 4.58. The topological polar surface area (TPSA) is 17.1 Å². The normalized spacial score (nSPS) is 12.5. The standard InChI is InChI=1S/C9H7Cl2FO/c10-7-3-1-6(2-4-7)5-8(12)9(11)13/h1-4,8H,5H2. The molecular weight excluding hydrogens is 214 g/mol. The van der Waals surface area contributed by atoms with Gasteiger partial charge in [0, 0.05) is 11.4 Å². The molecule has 0 radical (unpaired) electrons. The van der Waals surface area contributed by atoms with Crippen LogP contribution in [0.3, 0.4) is 0 Å². The molecule has 0 heterocycles. The zero-order valence-electron chi connectivity index (χ0n) is 6.64. The fourth-order valence-electron chi connectivity index (χ4n) is 0.908. The minimum absolute atomic E-state index is 0.000494. The predicted octanol–water partition coefficient (Wildman–Crippen LogP) is 2.99. The van der Waals surface area contributed by atoms with Gasteiger partial charge in [-0.2, -0.15) is 0 Å². The summed E-state index contributed by atoms with van der Waals surface area (Å²) in [6.07, 6.45) is -1.64. The van der Waals surface area contributed by atoms with Crippen LogP contribution < -0.4 is 0 Å². The van der Waals surface area contributed by atoms with Crippen molar-refractivity contribution >= 4 is 28.4 Å². The lowest BCUT2D eigenvalue weighted by Crippen LogP contribution is -2.12. The molecular formula is C9H7Cl2FO. The highest BCUT2D eigenvalue weighted by Gasteiger charge is 2.14. The molecule has 1 rings (SSSR count). The van der Waals surface area contributed by atoms with Crippen LogP contribution in [0.25, 0.3) is 0 Å². The van der Waals surface area contributed by atoms with Crippen molar-refractivity contribution in [2.24, 2.45) is 0 Å². The highest BCUT2D eigenvalue weighted by Crippen LogP contribution is 2.13. The molecule has 0 aromatic heterocycles. The smallest absolute Gasteiger partial charge is 0.256 e. The number of carbonyl (C=O) groups excluding carboxylic acids is 1. The molecule has 1 unspecified atom stereocenters. The second-order valence-corrected chi connectivity index (χ2v) is 3.41. The highest BCUT2D eigenvalue weighted by atomic mass is 35.5. The van der Waals surface area contributed by atoms with Crippen LogP contribution in [0.2, 0.25) is 5.02 Å². The summed E-state index contributed by atoms with van der Waals surface area (Å²) < 4.78 is 12.8. The summed E-state index contributed by atoms with van der Waals surface area (Å²) in [4.78, 5) is 10.4. The molecule has 0 bridgehead atoms. The van der Waals surface area contributed by atoms with Crippen LogP contribution in [0.1, 0.15) is 5.56 Å². The minimum Gasteiger partial charge on any atom is -0.278 e. The van der Waals surface area contributed by atoms with Crippen LogP contribution in [0.15, 0.2) is 24.3 Å². The van der Waals surface area contributed by atoms with Crippen molar-refractivity contribution < 1.29 is 9.18 Å². The van der Waals surface area contributed by atoms with Crippen LogP contribution in [0.5, 0.6) is 0 Å². The molecule has 1 aromatic rings. The van der Waals surface area contributed by atoms with Gasteiger partial charge in [0.2, 0.25) is 0 Å². The van der Waals surface area contributed by atoms with E-state index in [2.05, 4.69) is 0 Å². The number of carbonyl (C=O) groups is 1. The van der Waals surface area contributed by atoms with E-state index < -0.39 is 11.4 Å². The number of rotatable bonds is 3. The maximum atomic E-state index is 12.8. The summed E-state index contributed by atoms with van der Waals surface area (Å²) >= 11 is 10.6. The van der Waals surface area contributed by atoms with Gasteiger partial charge < -0.3 is 0 Å². The molecule has 1 nitrogen and oxygen atoms in total. The molecule has 1 aromatic carbocycles. The molecule has 4 heteroatoms. The van der Waals surface area contributed by atoms with E-state index in [1.54, 1.807) is 24.3 Å². The van der Waals surface area contributed by atoms with E-state index in [1.165, 1.54) is 0 Å². The molecule has 1 atom stereocenters. The molecule has 0 amide bonds. The Morgan fingerprint density at radius 2 is 1.92 bits per heavy atom. The zero-order valence-corrected chi connectivity index (χ0v) is 8.15. The average Bonchev–Trinajstić information content (AvgIpc) is 2.08. The Balaban J connectivity index is 2.64. The third-order valence-electron chi connectivity index (χ3n) is 1.57. The third kappa shape index (κ3) is 3.33. The molecule has 13 heavy (non-hydrogen) atoms. The first-order valence-corrected chi connectivity index (χ1v) is 4.43. The number of halogens is 3. The lowest BCUT2D eigenvalue weighted by molar-refractivity contribution is -0.115. The Labute approximate surface area is 85.5 Å². The Bertz CT molecular complexity index is 297. The van der Waals surface area contributed by atoms with Crippen molar-refractivity contribution in [3.63, 3.8) is 0 Å². The van der Waals surface area contributed by atoms with Gasteiger partial charge in [-0.25, -0.2) is 4.39 Å². The summed E-state index contributed by atoms with van der Waals surface area (Å²) in [5.41, 5.74) is 0.700. The molecule has 0 aliphatic heterocycles. The molecule has 0 N–H and O–H groups in total. The Morgan fingerprint density at radius 3 is 2.38 bits per heavy atom. The maximum Gasteiger partial charge on any atom is 0.256 e. The fraction of sp³-hybridized carbons (Fsp3) is 0.222. The van der Waals surface area contributed by atoms with Crippen LogP contribution in [-0.4, -0.2) is 11.4 Å². The van der Waals surface area contributed by atoms with Crippen molar-refractivity contribution in [2.75, 3.05) is 0 Å². The predicted molar refractivity (Wildman–Crippen MR) is 50.9 cm³/mol. The van der Waals surface area contributed by atoms with Crippen LogP contribution in [-0.2, 0) is 11.2 Å². The zero-order chi connectivity index (χ0) is 9.84.